The highest BCUT2D eigenvalue weighted by Gasteiger charge is 2.50. The van der Waals surface area contributed by atoms with Crippen molar-refractivity contribution < 1.29 is 14.3 Å². The van der Waals surface area contributed by atoms with Gasteiger partial charge in [-0.1, -0.05) is 13.8 Å². The molecule has 2 bridgehead atoms. The highest BCUT2D eigenvalue weighted by Crippen LogP contribution is 2.54. The van der Waals surface area contributed by atoms with E-state index in [2.05, 4.69) is 13.8 Å². The molecule has 3 fully saturated rings. The first-order chi connectivity index (χ1) is 8.65. The molecule has 1 heterocycles. The van der Waals surface area contributed by atoms with E-state index in [1.165, 1.54) is 12.8 Å². The van der Waals surface area contributed by atoms with Crippen LogP contribution in [0.4, 0.5) is 0 Å². The Balaban J connectivity index is 1.55. The van der Waals surface area contributed by atoms with Crippen molar-refractivity contribution in [3.05, 3.63) is 0 Å². The van der Waals surface area contributed by atoms with E-state index >= 15 is 0 Å². The largest absolute Gasteiger partial charge is 0.436 e. The average molecular weight is 252 g/mol. The van der Waals surface area contributed by atoms with E-state index in [0.29, 0.717) is 5.92 Å². The molecule has 5 atom stereocenters. The molecule has 2 aliphatic carbocycles. The van der Waals surface area contributed by atoms with Crippen molar-refractivity contribution in [3.8, 4) is 0 Å². The summed E-state index contributed by atoms with van der Waals surface area (Å²) in [5.41, 5.74) is 0. The van der Waals surface area contributed by atoms with Crippen LogP contribution in [0.2, 0.25) is 0 Å². The third-order valence-electron chi connectivity index (χ3n) is 5.21. The fraction of sp³-hybridized carbons (Fsp3) is 0.933. The molecule has 1 saturated heterocycles. The second kappa shape index (κ2) is 4.84. The van der Waals surface area contributed by atoms with Gasteiger partial charge in [-0.3, -0.25) is 4.79 Å². The van der Waals surface area contributed by atoms with Crippen LogP contribution in [0.1, 0.15) is 46.0 Å². The first-order valence-corrected chi connectivity index (χ1v) is 7.47. The number of fused-ring (bicyclic) bond motifs is 2. The predicted octanol–water partition coefficient (Wildman–Crippen LogP) is 2.98. The molecular formula is C15H24O3. The number of carbonyl (C=O) groups excluding carboxylic acids is 1. The molecule has 0 spiro atoms. The number of carbonyl (C=O) groups is 1. The van der Waals surface area contributed by atoms with Crippen LogP contribution in [-0.2, 0) is 14.3 Å². The Morgan fingerprint density at radius 3 is 2.61 bits per heavy atom. The predicted molar refractivity (Wildman–Crippen MR) is 67.7 cm³/mol. The smallest absolute Gasteiger partial charge is 0.311 e. The standard InChI is InChI=1S/C15H24O3/c1-9(2)12-7-11-6-10(12)8-13(11)15(16)18-14-4-3-5-17-14/h9-14H,3-8H2,1-2H3. The van der Waals surface area contributed by atoms with E-state index < -0.39 is 0 Å². The van der Waals surface area contributed by atoms with E-state index in [-0.39, 0.29) is 18.2 Å². The van der Waals surface area contributed by atoms with E-state index in [9.17, 15) is 4.79 Å². The summed E-state index contributed by atoms with van der Waals surface area (Å²) in [6.45, 7) is 5.36. The lowest BCUT2D eigenvalue weighted by Crippen LogP contribution is -2.30. The zero-order valence-electron chi connectivity index (χ0n) is 11.4. The van der Waals surface area contributed by atoms with Crippen LogP contribution in [0.3, 0.4) is 0 Å². The first kappa shape index (κ1) is 12.5. The Morgan fingerprint density at radius 1 is 1.22 bits per heavy atom. The summed E-state index contributed by atoms with van der Waals surface area (Å²) in [7, 11) is 0. The lowest BCUT2D eigenvalue weighted by Gasteiger charge is -2.29. The number of hydrogen-bond donors (Lipinski definition) is 0. The molecule has 0 aromatic heterocycles. The van der Waals surface area contributed by atoms with Crippen LogP contribution in [0.25, 0.3) is 0 Å². The van der Waals surface area contributed by atoms with Crippen LogP contribution < -0.4 is 0 Å². The van der Waals surface area contributed by atoms with Crippen molar-refractivity contribution in [1.82, 2.24) is 0 Å². The molecular weight excluding hydrogens is 228 g/mol. The van der Waals surface area contributed by atoms with Crippen molar-refractivity contribution in [2.45, 2.75) is 52.2 Å². The average Bonchev–Trinajstić information content (AvgIpc) is 3.03. The lowest BCUT2D eigenvalue weighted by molar-refractivity contribution is -0.176. The van der Waals surface area contributed by atoms with Gasteiger partial charge in [-0.2, -0.15) is 0 Å². The number of rotatable bonds is 3. The minimum atomic E-state index is -0.252. The lowest BCUT2D eigenvalue weighted by atomic mass is 9.77. The zero-order chi connectivity index (χ0) is 12.7. The molecule has 5 unspecified atom stereocenters. The minimum absolute atomic E-state index is 0.0107. The van der Waals surface area contributed by atoms with Crippen molar-refractivity contribution in [1.29, 1.82) is 0 Å². The molecule has 0 aromatic rings. The van der Waals surface area contributed by atoms with Gasteiger partial charge in [0.05, 0.1) is 12.5 Å². The molecule has 3 nitrogen and oxygen atoms in total. The van der Waals surface area contributed by atoms with Crippen LogP contribution in [0.5, 0.6) is 0 Å². The summed E-state index contributed by atoms with van der Waals surface area (Å²) >= 11 is 0. The van der Waals surface area contributed by atoms with Gasteiger partial charge >= 0.3 is 5.97 Å². The third kappa shape index (κ3) is 2.18. The highest BCUT2D eigenvalue weighted by molar-refractivity contribution is 5.73. The Labute approximate surface area is 109 Å². The normalized spacial score (nSPS) is 42.7. The maximum absolute atomic E-state index is 12.2. The molecule has 18 heavy (non-hydrogen) atoms. The Hall–Kier alpha value is -0.570. The summed E-state index contributed by atoms with van der Waals surface area (Å²) in [6.07, 6.45) is 5.17. The van der Waals surface area contributed by atoms with Crippen LogP contribution in [0, 0.1) is 29.6 Å². The Morgan fingerprint density at radius 2 is 2.06 bits per heavy atom. The summed E-state index contributed by atoms with van der Waals surface area (Å²) in [6, 6.07) is 0. The highest BCUT2D eigenvalue weighted by atomic mass is 16.7. The summed E-state index contributed by atoms with van der Waals surface area (Å²) in [5, 5.41) is 0. The molecule has 3 rings (SSSR count). The van der Waals surface area contributed by atoms with Gasteiger partial charge < -0.3 is 9.47 Å². The van der Waals surface area contributed by atoms with Gasteiger partial charge in [0.2, 0.25) is 6.29 Å². The van der Waals surface area contributed by atoms with Crippen LogP contribution in [-0.4, -0.2) is 18.9 Å². The van der Waals surface area contributed by atoms with Gasteiger partial charge in [0, 0.05) is 6.42 Å². The van der Waals surface area contributed by atoms with Crippen molar-refractivity contribution in [2.24, 2.45) is 29.6 Å². The molecule has 1 aliphatic heterocycles. The van der Waals surface area contributed by atoms with Gasteiger partial charge in [-0.05, 0) is 49.4 Å². The van der Waals surface area contributed by atoms with Gasteiger partial charge in [-0.15, -0.1) is 0 Å². The van der Waals surface area contributed by atoms with E-state index in [4.69, 9.17) is 9.47 Å². The van der Waals surface area contributed by atoms with Gasteiger partial charge in [0.1, 0.15) is 0 Å². The summed E-state index contributed by atoms with van der Waals surface area (Å²) < 4.78 is 10.9. The topological polar surface area (TPSA) is 35.5 Å². The van der Waals surface area contributed by atoms with Crippen LogP contribution in [0.15, 0.2) is 0 Å². The second-order valence-corrected chi connectivity index (χ2v) is 6.62. The molecule has 3 heteroatoms. The first-order valence-electron chi connectivity index (χ1n) is 7.47. The maximum Gasteiger partial charge on any atom is 0.311 e. The van der Waals surface area contributed by atoms with E-state index in [1.807, 2.05) is 0 Å². The Bertz CT molecular complexity index is 320. The minimum Gasteiger partial charge on any atom is -0.436 e. The fourth-order valence-electron chi connectivity index (χ4n) is 4.28. The second-order valence-electron chi connectivity index (χ2n) is 6.62. The SMILES string of the molecule is CC(C)C1CC2CC1CC2C(=O)OC1CCCO1. The number of esters is 1. The molecule has 2 saturated carbocycles. The molecule has 0 aromatic carbocycles. The molecule has 3 aliphatic rings. The summed E-state index contributed by atoms with van der Waals surface area (Å²) in [4.78, 5) is 12.2. The van der Waals surface area contributed by atoms with Crippen molar-refractivity contribution >= 4 is 5.97 Å². The third-order valence-corrected chi connectivity index (χ3v) is 5.21. The quantitative estimate of drug-likeness (QED) is 0.724. The molecule has 0 amide bonds. The maximum atomic E-state index is 12.2. The Kier molecular flexibility index (Phi) is 3.35. The van der Waals surface area contributed by atoms with Gasteiger partial charge in [-0.25, -0.2) is 0 Å². The van der Waals surface area contributed by atoms with Crippen molar-refractivity contribution in [2.75, 3.05) is 6.61 Å². The zero-order valence-corrected chi connectivity index (χ0v) is 11.4. The molecule has 0 N–H and O–H groups in total. The van der Waals surface area contributed by atoms with Crippen LogP contribution >= 0.6 is 0 Å². The molecule has 102 valence electrons. The van der Waals surface area contributed by atoms with E-state index in [0.717, 1.165) is 43.6 Å². The fourth-order valence-corrected chi connectivity index (χ4v) is 4.28. The molecule has 0 radical (unpaired) electrons. The summed E-state index contributed by atoms with van der Waals surface area (Å²) in [5.74, 6) is 3.11. The number of hydrogen-bond acceptors (Lipinski definition) is 3. The van der Waals surface area contributed by atoms with Crippen molar-refractivity contribution in [3.63, 3.8) is 0 Å². The monoisotopic (exact) mass is 252 g/mol. The van der Waals surface area contributed by atoms with E-state index in [1.54, 1.807) is 0 Å². The van der Waals surface area contributed by atoms with Gasteiger partial charge in [0.15, 0.2) is 0 Å². The number of ether oxygens (including phenoxy) is 2. The van der Waals surface area contributed by atoms with Gasteiger partial charge in [0.25, 0.3) is 0 Å².